The zero-order valence-corrected chi connectivity index (χ0v) is 18.3. The van der Waals surface area contributed by atoms with E-state index in [-0.39, 0.29) is 17.5 Å². The number of rotatable bonds is 7. The molecule has 2 aromatic heterocycles. The Morgan fingerprint density at radius 1 is 1.06 bits per heavy atom. The van der Waals surface area contributed by atoms with E-state index >= 15 is 0 Å². The summed E-state index contributed by atoms with van der Waals surface area (Å²) in [6.45, 7) is 5.78. The van der Waals surface area contributed by atoms with Crippen molar-refractivity contribution >= 4 is 10.9 Å². The highest BCUT2D eigenvalue weighted by atomic mass is 19.1. The van der Waals surface area contributed by atoms with Crippen molar-refractivity contribution in [2.24, 2.45) is 0 Å². The van der Waals surface area contributed by atoms with Gasteiger partial charge in [0.05, 0.1) is 30.1 Å². The van der Waals surface area contributed by atoms with Crippen LogP contribution >= 0.6 is 0 Å². The van der Waals surface area contributed by atoms with Crippen LogP contribution in [0.1, 0.15) is 5.69 Å². The summed E-state index contributed by atoms with van der Waals surface area (Å²) in [6.07, 6.45) is 1.74. The zero-order chi connectivity index (χ0) is 22.6. The molecule has 0 bridgehead atoms. The number of hydrogen-bond donors (Lipinski definition) is 1. The van der Waals surface area contributed by atoms with Gasteiger partial charge in [0, 0.05) is 51.4 Å². The van der Waals surface area contributed by atoms with Crippen LogP contribution in [-0.4, -0.2) is 66.6 Å². The van der Waals surface area contributed by atoms with Crippen molar-refractivity contribution in [1.82, 2.24) is 19.8 Å². The maximum atomic E-state index is 13.8. The Hall–Kier alpha value is -3.01. The van der Waals surface area contributed by atoms with E-state index < -0.39 is 0 Å². The van der Waals surface area contributed by atoms with E-state index in [9.17, 15) is 9.18 Å². The molecule has 1 aromatic carbocycles. The lowest BCUT2D eigenvalue weighted by Crippen LogP contribution is -2.47. The van der Waals surface area contributed by atoms with Crippen LogP contribution in [0.3, 0.4) is 0 Å². The minimum Gasteiger partial charge on any atom is -0.486 e. The molecule has 9 heteroatoms. The Bertz CT molecular complexity index is 1180. The number of benzene rings is 1. The summed E-state index contributed by atoms with van der Waals surface area (Å²) < 4.78 is 32.4. The fourth-order valence-corrected chi connectivity index (χ4v) is 4.29. The van der Waals surface area contributed by atoms with Crippen LogP contribution < -0.4 is 20.3 Å². The predicted molar refractivity (Wildman–Crippen MR) is 121 cm³/mol. The monoisotopic (exact) mass is 454 g/mol. The number of nitrogens with one attached hydrogen (secondary N) is 1. The van der Waals surface area contributed by atoms with E-state index in [0.29, 0.717) is 57.3 Å². The minimum absolute atomic E-state index is 0.0395. The first-order valence-electron chi connectivity index (χ1n) is 11.2. The molecule has 1 fully saturated rings. The van der Waals surface area contributed by atoms with E-state index in [0.717, 1.165) is 29.9 Å². The quantitative estimate of drug-likeness (QED) is 0.583. The average molecular weight is 455 g/mol. The Morgan fingerprint density at radius 3 is 2.82 bits per heavy atom. The van der Waals surface area contributed by atoms with E-state index in [1.54, 1.807) is 22.9 Å². The fourth-order valence-electron chi connectivity index (χ4n) is 4.29. The van der Waals surface area contributed by atoms with Gasteiger partial charge in [-0.2, -0.15) is 0 Å². The Kier molecular flexibility index (Phi) is 6.52. The third-order valence-electron chi connectivity index (χ3n) is 5.98. The van der Waals surface area contributed by atoms with Gasteiger partial charge in [0.1, 0.15) is 19.0 Å². The zero-order valence-electron chi connectivity index (χ0n) is 18.3. The number of pyridine rings is 2. The molecule has 0 amide bonds. The van der Waals surface area contributed by atoms with Crippen LogP contribution in [-0.2, 0) is 17.8 Å². The van der Waals surface area contributed by atoms with Crippen LogP contribution in [0.5, 0.6) is 11.5 Å². The molecule has 1 saturated heterocycles. The van der Waals surface area contributed by atoms with Crippen LogP contribution in [0.2, 0.25) is 0 Å². The number of fused-ring (bicyclic) bond motifs is 2. The average Bonchev–Trinajstić information content (AvgIpc) is 2.83. The second-order valence-electron chi connectivity index (χ2n) is 8.27. The highest BCUT2D eigenvalue weighted by molar-refractivity contribution is 5.78. The Labute approximate surface area is 190 Å². The molecule has 0 saturated carbocycles. The first kappa shape index (κ1) is 21.8. The molecule has 1 atom stereocenters. The smallest absolute Gasteiger partial charge is 0.251 e. The molecule has 2 aliphatic rings. The van der Waals surface area contributed by atoms with Crippen LogP contribution in [0.25, 0.3) is 10.9 Å². The van der Waals surface area contributed by atoms with Gasteiger partial charge in [-0.25, -0.2) is 4.39 Å². The molecule has 0 unspecified atom stereocenters. The molecule has 1 N–H and O–H groups in total. The summed E-state index contributed by atoms with van der Waals surface area (Å²) >= 11 is 0. The second-order valence-corrected chi connectivity index (χ2v) is 8.27. The molecule has 33 heavy (non-hydrogen) atoms. The number of morpholine rings is 1. The lowest BCUT2D eigenvalue weighted by atomic mass is 10.2. The SMILES string of the molecule is O=c1ccc2ccc(F)cc2n1CCN1CCO[C@@H](CNCc2cc3c(cn2)OCCO3)C1. The van der Waals surface area contributed by atoms with Crippen LogP contribution in [0.15, 0.2) is 47.4 Å². The number of ether oxygens (including phenoxy) is 3. The summed E-state index contributed by atoms with van der Waals surface area (Å²) in [5, 5.41) is 4.26. The predicted octanol–water partition coefficient (Wildman–Crippen LogP) is 1.80. The lowest BCUT2D eigenvalue weighted by Gasteiger charge is -2.33. The topological polar surface area (TPSA) is 77.9 Å². The Balaban J connectivity index is 1.14. The first-order valence-corrected chi connectivity index (χ1v) is 11.2. The molecule has 4 heterocycles. The highest BCUT2D eigenvalue weighted by Crippen LogP contribution is 2.29. The third kappa shape index (κ3) is 5.16. The van der Waals surface area contributed by atoms with E-state index in [2.05, 4.69) is 15.2 Å². The molecule has 2 aliphatic heterocycles. The van der Waals surface area contributed by atoms with Gasteiger partial charge in [-0.3, -0.25) is 14.7 Å². The number of hydrogen-bond acceptors (Lipinski definition) is 7. The van der Waals surface area contributed by atoms with Crippen molar-refractivity contribution in [2.45, 2.75) is 19.2 Å². The number of halogens is 1. The molecule has 174 valence electrons. The summed E-state index contributed by atoms with van der Waals surface area (Å²) in [7, 11) is 0. The van der Waals surface area contributed by atoms with E-state index in [4.69, 9.17) is 14.2 Å². The van der Waals surface area contributed by atoms with Crippen molar-refractivity contribution < 1.29 is 18.6 Å². The van der Waals surface area contributed by atoms with Crippen molar-refractivity contribution in [3.8, 4) is 11.5 Å². The van der Waals surface area contributed by atoms with Gasteiger partial charge in [-0.05, 0) is 29.7 Å². The van der Waals surface area contributed by atoms with E-state index in [1.807, 2.05) is 6.07 Å². The van der Waals surface area contributed by atoms with Gasteiger partial charge >= 0.3 is 0 Å². The standard InChI is InChI=1S/C24H27FN4O4/c25-18-3-1-17-2-4-24(30)29(21(17)11-18)6-5-28-7-8-31-20(16-28)14-26-13-19-12-22-23(15-27-19)33-10-9-32-22/h1-4,11-12,15,20,26H,5-10,13-14,16H2/t20-/m0/s1. The van der Waals surface area contributed by atoms with Gasteiger partial charge in [0.2, 0.25) is 0 Å². The third-order valence-corrected chi connectivity index (χ3v) is 5.98. The first-order chi connectivity index (χ1) is 16.2. The minimum atomic E-state index is -0.341. The van der Waals surface area contributed by atoms with Crippen molar-refractivity contribution in [3.63, 3.8) is 0 Å². The largest absolute Gasteiger partial charge is 0.486 e. The van der Waals surface area contributed by atoms with Crippen LogP contribution in [0, 0.1) is 5.82 Å². The maximum absolute atomic E-state index is 13.8. The molecule has 3 aromatic rings. The molecular weight excluding hydrogens is 427 g/mol. The summed E-state index contributed by atoms with van der Waals surface area (Å²) in [5.41, 5.74) is 1.39. The van der Waals surface area contributed by atoms with Gasteiger partial charge in [-0.1, -0.05) is 0 Å². The molecular formula is C24H27FN4O4. The fraction of sp³-hybridized carbons (Fsp3) is 0.417. The summed E-state index contributed by atoms with van der Waals surface area (Å²) in [5.74, 6) is 1.08. The second kappa shape index (κ2) is 9.86. The van der Waals surface area contributed by atoms with Crippen molar-refractivity contribution in [3.05, 3.63) is 64.5 Å². The van der Waals surface area contributed by atoms with Gasteiger partial charge in [0.15, 0.2) is 11.5 Å². The molecule has 0 aliphatic carbocycles. The summed E-state index contributed by atoms with van der Waals surface area (Å²) in [4.78, 5) is 19.1. The molecule has 0 radical (unpaired) electrons. The highest BCUT2D eigenvalue weighted by Gasteiger charge is 2.20. The Morgan fingerprint density at radius 2 is 1.91 bits per heavy atom. The number of aromatic nitrogens is 2. The number of nitrogens with zero attached hydrogens (tertiary/aromatic N) is 3. The molecule has 5 rings (SSSR count). The maximum Gasteiger partial charge on any atom is 0.251 e. The molecule has 8 nitrogen and oxygen atoms in total. The van der Waals surface area contributed by atoms with Crippen molar-refractivity contribution in [2.75, 3.05) is 46.0 Å². The normalized spacial score (nSPS) is 18.5. The van der Waals surface area contributed by atoms with Gasteiger partial charge in [-0.15, -0.1) is 0 Å². The van der Waals surface area contributed by atoms with Gasteiger partial charge in [0.25, 0.3) is 5.56 Å². The van der Waals surface area contributed by atoms with Crippen molar-refractivity contribution in [1.29, 1.82) is 0 Å². The molecule has 0 spiro atoms. The summed E-state index contributed by atoms with van der Waals surface area (Å²) in [6, 6.07) is 9.72. The van der Waals surface area contributed by atoms with Crippen LogP contribution in [0.4, 0.5) is 4.39 Å². The van der Waals surface area contributed by atoms with Gasteiger partial charge < -0.3 is 24.1 Å². The van der Waals surface area contributed by atoms with E-state index in [1.165, 1.54) is 18.2 Å². The lowest BCUT2D eigenvalue weighted by molar-refractivity contribution is -0.0280.